The molecular formula is C11H23NO6S2. The summed E-state index contributed by atoms with van der Waals surface area (Å²) in [6.07, 6.45) is 2.89. The number of carboxylic acids is 1. The summed E-state index contributed by atoms with van der Waals surface area (Å²) in [6.45, 7) is 2.12. The fourth-order valence-electron chi connectivity index (χ4n) is 1.63. The average Bonchev–Trinajstić information content (AvgIpc) is 2.30. The second-order valence-electron chi connectivity index (χ2n) is 4.84. The highest BCUT2D eigenvalue weighted by atomic mass is 32.2. The molecule has 0 heterocycles. The third-order valence-electron chi connectivity index (χ3n) is 2.94. The predicted octanol–water partition coefficient (Wildman–Crippen LogP) is 0.232. The van der Waals surface area contributed by atoms with Crippen LogP contribution in [0.2, 0.25) is 0 Å². The number of carbonyl (C=O) groups is 1. The Morgan fingerprint density at radius 3 is 2.20 bits per heavy atom. The van der Waals surface area contributed by atoms with Gasteiger partial charge in [-0.15, -0.1) is 0 Å². The van der Waals surface area contributed by atoms with Crippen molar-refractivity contribution >= 4 is 25.8 Å². The van der Waals surface area contributed by atoms with Crippen molar-refractivity contribution in [3.63, 3.8) is 0 Å². The number of hydrogen-bond donors (Lipinski definition) is 2. The maximum absolute atomic E-state index is 11.5. The third-order valence-corrected chi connectivity index (χ3v) is 5.53. The Morgan fingerprint density at radius 2 is 1.75 bits per heavy atom. The van der Waals surface area contributed by atoms with Crippen LogP contribution in [0.5, 0.6) is 0 Å². The van der Waals surface area contributed by atoms with Crippen LogP contribution in [-0.4, -0.2) is 52.2 Å². The molecule has 1 unspecified atom stereocenters. The zero-order valence-corrected chi connectivity index (χ0v) is 13.5. The van der Waals surface area contributed by atoms with Gasteiger partial charge in [0.1, 0.15) is 9.84 Å². The second-order valence-corrected chi connectivity index (χ2v) is 9.02. The van der Waals surface area contributed by atoms with Crippen molar-refractivity contribution in [2.24, 2.45) is 5.92 Å². The molecule has 0 aromatic heterocycles. The summed E-state index contributed by atoms with van der Waals surface area (Å²) < 4.78 is 47.2. The first-order valence-corrected chi connectivity index (χ1v) is 10.1. The molecule has 20 heavy (non-hydrogen) atoms. The van der Waals surface area contributed by atoms with Gasteiger partial charge in [-0.2, -0.15) is 0 Å². The van der Waals surface area contributed by atoms with Gasteiger partial charge in [0.25, 0.3) is 0 Å². The summed E-state index contributed by atoms with van der Waals surface area (Å²) in [5.74, 6) is -1.57. The van der Waals surface area contributed by atoms with Crippen LogP contribution in [0.4, 0.5) is 0 Å². The van der Waals surface area contributed by atoms with E-state index in [1.54, 1.807) is 0 Å². The van der Waals surface area contributed by atoms with E-state index in [1.165, 1.54) is 0 Å². The zero-order chi connectivity index (χ0) is 15.8. The van der Waals surface area contributed by atoms with Crippen LogP contribution in [0.3, 0.4) is 0 Å². The van der Waals surface area contributed by atoms with Crippen LogP contribution in [0.1, 0.15) is 32.6 Å². The molecule has 0 radical (unpaired) electrons. The topological polar surface area (TPSA) is 118 Å². The summed E-state index contributed by atoms with van der Waals surface area (Å²) in [4.78, 5) is 10.5. The quantitative estimate of drug-likeness (QED) is 0.560. The van der Waals surface area contributed by atoms with Crippen LogP contribution >= 0.6 is 0 Å². The van der Waals surface area contributed by atoms with Crippen molar-refractivity contribution in [3.8, 4) is 0 Å². The Morgan fingerprint density at radius 1 is 1.15 bits per heavy atom. The maximum atomic E-state index is 11.5. The minimum Gasteiger partial charge on any atom is -0.481 e. The third kappa shape index (κ3) is 11.2. The Kier molecular flexibility index (Phi) is 8.29. The van der Waals surface area contributed by atoms with Crippen LogP contribution < -0.4 is 4.72 Å². The minimum absolute atomic E-state index is 0.0688. The van der Waals surface area contributed by atoms with E-state index in [-0.39, 0.29) is 18.9 Å². The number of carboxylic acid groups (broad SMARTS) is 1. The van der Waals surface area contributed by atoms with E-state index >= 15 is 0 Å². The highest BCUT2D eigenvalue weighted by Crippen LogP contribution is 2.14. The molecule has 1 atom stereocenters. The van der Waals surface area contributed by atoms with Gasteiger partial charge in [-0.25, -0.2) is 21.6 Å². The van der Waals surface area contributed by atoms with Gasteiger partial charge < -0.3 is 5.11 Å². The van der Waals surface area contributed by atoms with Gasteiger partial charge in [-0.3, -0.25) is 4.79 Å². The molecule has 0 aliphatic carbocycles. The van der Waals surface area contributed by atoms with Gasteiger partial charge in [-0.1, -0.05) is 13.3 Å². The van der Waals surface area contributed by atoms with E-state index in [0.717, 1.165) is 12.7 Å². The molecule has 0 saturated heterocycles. The second kappa shape index (κ2) is 8.58. The summed E-state index contributed by atoms with van der Waals surface area (Å²) in [7, 11) is -6.90. The van der Waals surface area contributed by atoms with Gasteiger partial charge >= 0.3 is 5.97 Å². The van der Waals surface area contributed by atoms with Crippen molar-refractivity contribution in [1.82, 2.24) is 4.72 Å². The van der Waals surface area contributed by atoms with E-state index in [9.17, 15) is 21.6 Å². The first-order chi connectivity index (χ1) is 9.06. The number of hydrogen-bond acceptors (Lipinski definition) is 5. The van der Waals surface area contributed by atoms with Gasteiger partial charge in [0, 0.05) is 19.2 Å². The summed E-state index contributed by atoms with van der Waals surface area (Å²) >= 11 is 0. The highest BCUT2D eigenvalue weighted by Gasteiger charge is 2.15. The van der Waals surface area contributed by atoms with E-state index in [0.29, 0.717) is 12.8 Å². The summed E-state index contributed by atoms with van der Waals surface area (Å²) in [5.41, 5.74) is 0. The van der Waals surface area contributed by atoms with E-state index in [1.807, 2.05) is 6.92 Å². The number of sulfone groups is 1. The molecule has 0 spiro atoms. The molecule has 9 heteroatoms. The minimum atomic E-state index is -3.60. The molecule has 0 rings (SSSR count). The van der Waals surface area contributed by atoms with Crippen LogP contribution in [-0.2, 0) is 24.7 Å². The van der Waals surface area contributed by atoms with Crippen molar-refractivity contribution in [3.05, 3.63) is 0 Å². The molecule has 7 nitrogen and oxygen atoms in total. The Hall–Kier alpha value is -0.670. The number of nitrogens with one attached hydrogen (secondary N) is 1. The molecule has 2 N–H and O–H groups in total. The highest BCUT2D eigenvalue weighted by molar-refractivity contribution is 7.93. The molecule has 0 fully saturated rings. The van der Waals surface area contributed by atoms with Gasteiger partial charge in [0.05, 0.1) is 11.5 Å². The number of rotatable bonds is 11. The largest absolute Gasteiger partial charge is 0.481 e. The number of aliphatic carboxylic acids is 1. The van der Waals surface area contributed by atoms with E-state index in [4.69, 9.17) is 5.11 Å². The van der Waals surface area contributed by atoms with Crippen LogP contribution in [0.25, 0.3) is 0 Å². The average molecular weight is 329 g/mol. The predicted molar refractivity (Wildman–Crippen MR) is 76.8 cm³/mol. The van der Waals surface area contributed by atoms with Gasteiger partial charge in [-0.05, 0) is 18.8 Å². The smallest absolute Gasteiger partial charge is 0.303 e. The lowest BCUT2D eigenvalue weighted by Gasteiger charge is -2.14. The molecule has 0 aromatic rings. The van der Waals surface area contributed by atoms with E-state index < -0.39 is 37.3 Å². The SMILES string of the molecule is CCC(CCNS(=O)(=O)CCS(C)(=O)=O)CCC(=O)O. The van der Waals surface area contributed by atoms with Crippen LogP contribution in [0, 0.1) is 5.92 Å². The molecule has 120 valence electrons. The summed E-state index contributed by atoms with van der Waals surface area (Å²) in [6, 6.07) is 0. The Labute approximate surface area is 120 Å². The van der Waals surface area contributed by atoms with E-state index in [2.05, 4.69) is 4.72 Å². The lowest BCUT2D eigenvalue weighted by molar-refractivity contribution is -0.137. The molecular weight excluding hydrogens is 306 g/mol. The molecule has 0 bridgehead atoms. The van der Waals surface area contributed by atoms with Crippen LogP contribution in [0.15, 0.2) is 0 Å². The molecule has 0 saturated carbocycles. The van der Waals surface area contributed by atoms with Crippen molar-refractivity contribution in [2.45, 2.75) is 32.6 Å². The standard InChI is InChI=1S/C11H23NO6S2/c1-3-10(4-5-11(13)14)6-7-12-20(17,18)9-8-19(2,15)16/h10,12H,3-9H2,1-2H3,(H,13,14). The first kappa shape index (κ1) is 19.3. The number of sulfonamides is 1. The lowest BCUT2D eigenvalue weighted by Crippen LogP contribution is -2.31. The van der Waals surface area contributed by atoms with Crippen molar-refractivity contribution in [1.29, 1.82) is 0 Å². The fourth-order valence-corrected chi connectivity index (χ4v) is 4.29. The Balaban J connectivity index is 4.10. The zero-order valence-electron chi connectivity index (χ0n) is 11.8. The maximum Gasteiger partial charge on any atom is 0.303 e. The summed E-state index contributed by atoms with van der Waals surface area (Å²) in [5, 5.41) is 8.59. The fraction of sp³-hybridized carbons (Fsp3) is 0.909. The van der Waals surface area contributed by atoms with Gasteiger partial charge in [0.2, 0.25) is 10.0 Å². The molecule has 0 amide bonds. The first-order valence-electron chi connectivity index (χ1n) is 6.42. The van der Waals surface area contributed by atoms with Crippen molar-refractivity contribution < 1.29 is 26.7 Å². The Bertz CT molecular complexity index is 497. The monoisotopic (exact) mass is 329 g/mol. The normalized spacial score (nSPS) is 14.1. The lowest BCUT2D eigenvalue weighted by atomic mass is 9.97. The molecule has 0 aromatic carbocycles. The van der Waals surface area contributed by atoms with Crippen molar-refractivity contribution in [2.75, 3.05) is 24.3 Å². The molecule has 0 aliphatic rings. The van der Waals surface area contributed by atoms with Gasteiger partial charge in [0.15, 0.2) is 0 Å². The molecule has 0 aliphatic heterocycles.